The van der Waals surface area contributed by atoms with Gasteiger partial charge in [0.2, 0.25) is 15.3 Å². The SMILES string of the molecule is CC(CN1CCCC1)NS(=O)(=O)c1cnc(Cl)nc1. The number of likely N-dealkylation sites (tertiary alicyclic amines) is 1. The van der Waals surface area contributed by atoms with Gasteiger partial charge in [-0.1, -0.05) is 0 Å². The minimum atomic E-state index is -3.58. The predicted octanol–water partition coefficient (Wildman–Crippen LogP) is 0.893. The van der Waals surface area contributed by atoms with Crippen molar-refractivity contribution >= 4 is 21.6 Å². The summed E-state index contributed by atoms with van der Waals surface area (Å²) >= 11 is 5.54. The lowest BCUT2D eigenvalue weighted by atomic mass is 10.3. The average molecular weight is 305 g/mol. The third-order valence-electron chi connectivity index (χ3n) is 2.99. The number of nitrogens with zero attached hydrogens (tertiary/aromatic N) is 3. The van der Waals surface area contributed by atoms with Crippen LogP contribution in [0.3, 0.4) is 0 Å². The smallest absolute Gasteiger partial charge is 0.243 e. The van der Waals surface area contributed by atoms with Gasteiger partial charge in [-0.3, -0.25) is 0 Å². The zero-order valence-electron chi connectivity index (χ0n) is 10.7. The fourth-order valence-electron chi connectivity index (χ4n) is 2.16. The highest BCUT2D eigenvalue weighted by atomic mass is 35.5. The van der Waals surface area contributed by atoms with Gasteiger partial charge in [0.15, 0.2) is 0 Å². The molecule has 2 rings (SSSR count). The predicted molar refractivity (Wildman–Crippen MR) is 72.5 cm³/mol. The highest BCUT2D eigenvalue weighted by Gasteiger charge is 2.21. The molecular weight excluding hydrogens is 288 g/mol. The molecule has 8 heteroatoms. The normalized spacial score (nSPS) is 18.6. The highest BCUT2D eigenvalue weighted by Crippen LogP contribution is 2.11. The molecule has 1 aliphatic rings. The highest BCUT2D eigenvalue weighted by molar-refractivity contribution is 7.89. The molecule has 0 radical (unpaired) electrons. The maximum atomic E-state index is 12.1. The number of aromatic nitrogens is 2. The van der Waals surface area contributed by atoms with Gasteiger partial charge in [-0.15, -0.1) is 0 Å². The standard InChI is InChI=1S/C11H17ClN4O2S/c1-9(8-16-4-2-3-5-16)15-19(17,18)10-6-13-11(12)14-7-10/h6-7,9,15H,2-5,8H2,1H3. The van der Waals surface area contributed by atoms with Crippen molar-refractivity contribution in [2.24, 2.45) is 0 Å². The second-order valence-electron chi connectivity index (χ2n) is 4.72. The Balaban J connectivity index is 1.98. The monoisotopic (exact) mass is 304 g/mol. The number of rotatable bonds is 5. The van der Waals surface area contributed by atoms with Crippen LogP contribution < -0.4 is 4.72 Å². The van der Waals surface area contributed by atoms with Crippen molar-refractivity contribution in [1.82, 2.24) is 19.6 Å². The zero-order chi connectivity index (χ0) is 13.9. The van der Waals surface area contributed by atoms with Crippen molar-refractivity contribution in [3.05, 3.63) is 17.7 Å². The van der Waals surface area contributed by atoms with Crippen LogP contribution in [0.15, 0.2) is 17.3 Å². The molecular formula is C11H17ClN4O2S. The molecule has 0 aromatic carbocycles. The molecule has 0 aliphatic carbocycles. The maximum absolute atomic E-state index is 12.1. The van der Waals surface area contributed by atoms with Gasteiger partial charge in [-0.25, -0.2) is 23.1 Å². The molecule has 1 atom stereocenters. The summed E-state index contributed by atoms with van der Waals surface area (Å²) in [5, 5.41) is 0.0315. The summed E-state index contributed by atoms with van der Waals surface area (Å²) in [5.41, 5.74) is 0. The molecule has 1 unspecified atom stereocenters. The number of nitrogens with one attached hydrogen (secondary N) is 1. The van der Waals surface area contributed by atoms with Gasteiger partial charge in [0.1, 0.15) is 4.90 Å². The second kappa shape index (κ2) is 6.13. The lowest BCUT2D eigenvalue weighted by Gasteiger charge is -2.20. The van der Waals surface area contributed by atoms with E-state index in [2.05, 4.69) is 19.6 Å². The number of hydrogen-bond acceptors (Lipinski definition) is 5. The summed E-state index contributed by atoms with van der Waals surface area (Å²) < 4.78 is 26.8. The van der Waals surface area contributed by atoms with Crippen LogP contribution in [0.4, 0.5) is 0 Å². The van der Waals surface area contributed by atoms with Crippen LogP contribution in [0.2, 0.25) is 5.28 Å². The van der Waals surface area contributed by atoms with Crippen LogP contribution in [-0.4, -0.2) is 49.0 Å². The summed E-state index contributed by atoms with van der Waals surface area (Å²) in [5.74, 6) is 0. The Hall–Kier alpha value is -0.760. The van der Waals surface area contributed by atoms with Crippen LogP contribution >= 0.6 is 11.6 Å². The van der Waals surface area contributed by atoms with Gasteiger partial charge in [0, 0.05) is 12.6 Å². The third kappa shape index (κ3) is 4.10. The Kier molecular flexibility index (Phi) is 4.72. The second-order valence-corrected chi connectivity index (χ2v) is 6.77. The molecule has 0 saturated carbocycles. The van der Waals surface area contributed by atoms with E-state index < -0.39 is 10.0 Å². The van der Waals surface area contributed by atoms with E-state index in [0.717, 1.165) is 13.1 Å². The van der Waals surface area contributed by atoms with E-state index >= 15 is 0 Å². The molecule has 19 heavy (non-hydrogen) atoms. The molecule has 1 aliphatic heterocycles. The summed E-state index contributed by atoms with van der Waals surface area (Å²) in [4.78, 5) is 9.65. The van der Waals surface area contributed by atoms with E-state index in [-0.39, 0.29) is 16.2 Å². The van der Waals surface area contributed by atoms with E-state index in [1.807, 2.05) is 6.92 Å². The zero-order valence-corrected chi connectivity index (χ0v) is 12.3. The van der Waals surface area contributed by atoms with Gasteiger partial charge in [-0.2, -0.15) is 0 Å². The first-order valence-corrected chi connectivity index (χ1v) is 8.06. The average Bonchev–Trinajstić information content (AvgIpc) is 2.81. The van der Waals surface area contributed by atoms with Crippen molar-refractivity contribution in [2.45, 2.75) is 30.7 Å². The van der Waals surface area contributed by atoms with Gasteiger partial charge in [0.25, 0.3) is 0 Å². The van der Waals surface area contributed by atoms with Crippen LogP contribution in [-0.2, 0) is 10.0 Å². The molecule has 1 N–H and O–H groups in total. The van der Waals surface area contributed by atoms with Crippen LogP contribution in [0, 0.1) is 0 Å². The van der Waals surface area contributed by atoms with Gasteiger partial charge < -0.3 is 4.90 Å². The van der Waals surface area contributed by atoms with E-state index in [4.69, 9.17) is 11.6 Å². The first-order valence-electron chi connectivity index (χ1n) is 6.19. The molecule has 6 nitrogen and oxygen atoms in total. The maximum Gasteiger partial charge on any atom is 0.243 e. The van der Waals surface area contributed by atoms with Gasteiger partial charge in [-0.05, 0) is 44.5 Å². The van der Waals surface area contributed by atoms with Crippen molar-refractivity contribution < 1.29 is 8.42 Å². The van der Waals surface area contributed by atoms with Crippen molar-refractivity contribution in [2.75, 3.05) is 19.6 Å². The summed E-state index contributed by atoms with van der Waals surface area (Å²) in [6.45, 7) is 4.65. The first kappa shape index (κ1) is 14.6. The van der Waals surface area contributed by atoms with E-state index in [1.54, 1.807) is 0 Å². The topological polar surface area (TPSA) is 75.2 Å². The largest absolute Gasteiger partial charge is 0.302 e. The van der Waals surface area contributed by atoms with E-state index in [0.29, 0.717) is 6.54 Å². The molecule has 1 aromatic heterocycles. The molecule has 0 amide bonds. The van der Waals surface area contributed by atoms with E-state index in [1.165, 1.54) is 25.2 Å². The van der Waals surface area contributed by atoms with Gasteiger partial charge >= 0.3 is 0 Å². The number of hydrogen-bond donors (Lipinski definition) is 1. The molecule has 1 saturated heterocycles. The van der Waals surface area contributed by atoms with Crippen LogP contribution in [0.1, 0.15) is 19.8 Å². The molecule has 1 fully saturated rings. The lowest BCUT2D eigenvalue weighted by molar-refractivity contribution is 0.312. The Morgan fingerprint density at radius 1 is 1.37 bits per heavy atom. The van der Waals surface area contributed by atoms with Crippen LogP contribution in [0.5, 0.6) is 0 Å². The number of halogens is 1. The molecule has 2 heterocycles. The Morgan fingerprint density at radius 2 is 1.95 bits per heavy atom. The first-order chi connectivity index (χ1) is 8.97. The third-order valence-corrected chi connectivity index (χ3v) is 4.73. The Bertz CT molecular complexity index is 514. The summed E-state index contributed by atoms with van der Waals surface area (Å²) in [6.07, 6.45) is 4.79. The fourth-order valence-corrected chi connectivity index (χ4v) is 3.38. The molecule has 0 bridgehead atoms. The minimum absolute atomic E-state index is 0.0315. The fraction of sp³-hybridized carbons (Fsp3) is 0.636. The number of sulfonamides is 1. The Labute approximate surface area is 118 Å². The van der Waals surface area contributed by atoms with E-state index in [9.17, 15) is 8.42 Å². The van der Waals surface area contributed by atoms with Gasteiger partial charge in [0.05, 0.1) is 12.4 Å². The summed E-state index contributed by atoms with van der Waals surface area (Å²) in [6, 6.07) is -0.154. The minimum Gasteiger partial charge on any atom is -0.302 e. The Morgan fingerprint density at radius 3 is 2.53 bits per heavy atom. The summed E-state index contributed by atoms with van der Waals surface area (Å²) in [7, 11) is -3.58. The van der Waals surface area contributed by atoms with Crippen molar-refractivity contribution in [3.8, 4) is 0 Å². The van der Waals surface area contributed by atoms with Crippen molar-refractivity contribution in [3.63, 3.8) is 0 Å². The van der Waals surface area contributed by atoms with Crippen molar-refractivity contribution in [1.29, 1.82) is 0 Å². The quantitative estimate of drug-likeness (QED) is 0.818. The molecule has 1 aromatic rings. The molecule has 106 valence electrons. The lowest BCUT2D eigenvalue weighted by Crippen LogP contribution is -2.41. The van der Waals surface area contributed by atoms with Crippen LogP contribution in [0.25, 0.3) is 0 Å². The molecule has 0 spiro atoms.